The number of hydrogen-bond acceptors (Lipinski definition) is 3. The lowest BCUT2D eigenvalue weighted by atomic mass is 10.1. The summed E-state index contributed by atoms with van der Waals surface area (Å²) in [5, 5.41) is 6.31. The molecule has 0 spiro atoms. The third kappa shape index (κ3) is 5.52. The van der Waals surface area contributed by atoms with Gasteiger partial charge >= 0.3 is 6.03 Å². The molecule has 0 aromatic carbocycles. The van der Waals surface area contributed by atoms with E-state index in [0.717, 1.165) is 32.6 Å². The summed E-state index contributed by atoms with van der Waals surface area (Å²) in [6.45, 7) is 7.59. The van der Waals surface area contributed by atoms with Gasteiger partial charge in [-0.3, -0.25) is 4.90 Å². The van der Waals surface area contributed by atoms with Crippen molar-refractivity contribution in [2.75, 3.05) is 19.6 Å². The minimum atomic E-state index is -0.0784. The molecule has 1 aromatic rings. The summed E-state index contributed by atoms with van der Waals surface area (Å²) in [6.07, 6.45) is 2.94. The fraction of sp³-hybridized carbons (Fsp3) is 0.600. The molecule has 2 rings (SSSR count). The number of pyridine rings is 1. The van der Waals surface area contributed by atoms with Crippen LogP contribution in [0.3, 0.4) is 0 Å². The highest BCUT2D eigenvalue weighted by molar-refractivity contribution is 6.29. The molecule has 6 heteroatoms. The summed E-state index contributed by atoms with van der Waals surface area (Å²) in [5.74, 6) is 0.517. The molecule has 1 aromatic heterocycles. The number of aromatic nitrogens is 1. The average Bonchev–Trinajstić information content (AvgIpc) is 2.86. The quantitative estimate of drug-likeness (QED) is 0.820. The molecule has 0 bridgehead atoms. The summed E-state index contributed by atoms with van der Waals surface area (Å²) in [6, 6.07) is 3.92. The fourth-order valence-corrected chi connectivity index (χ4v) is 2.64. The second kappa shape index (κ2) is 7.61. The molecule has 1 aliphatic rings. The number of rotatable bonds is 5. The Hall–Kier alpha value is -1.33. The Kier molecular flexibility index (Phi) is 5.82. The Morgan fingerprint density at radius 2 is 2.33 bits per heavy atom. The van der Waals surface area contributed by atoms with E-state index in [0.29, 0.717) is 11.1 Å². The van der Waals surface area contributed by atoms with Gasteiger partial charge in [-0.25, -0.2) is 9.78 Å². The van der Waals surface area contributed by atoms with E-state index < -0.39 is 0 Å². The number of carbonyl (C=O) groups is 1. The van der Waals surface area contributed by atoms with E-state index in [1.165, 1.54) is 5.56 Å². The van der Waals surface area contributed by atoms with Gasteiger partial charge in [0.25, 0.3) is 0 Å². The number of nitrogens with one attached hydrogen (secondary N) is 2. The number of amides is 2. The Morgan fingerprint density at radius 1 is 1.52 bits per heavy atom. The van der Waals surface area contributed by atoms with E-state index in [4.69, 9.17) is 11.6 Å². The van der Waals surface area contributed by atoms with E-state index >= 15 is 0 Å². The maximum absolute atomic E-state index is 11.6. The zero-order valence-corrected chi connectivity index (χ0v) is 13.4. The smallest absolute Gasteiger partial charge is 0.314 e. The largest absolute Gasteiger partial charge is 0.338 e. The zero-order chi connectivity index (χ0) is 15.2. The minimum Gasteiger partial charge on any atom is -0.338 e. The van der Waals surface area contributed by atoms with Crippen molar-refractivity contribution < 1.29 is 4.79 Å². The van der Waals surface area contributed by atoms with Gasteiger partial charge in [-0.05, 0) is 44.4 Å². The SMILES string of the molecule is CC(C)NC(=O)NC[C@@H]1CCN(Cc2ccc(Cl)nc2)C1. The van der Waals surface area contributed by atoms with Gasteiger partial charge in [-0.15, -0.1) is 0 Å². The van der Waals surface area contributed by atoms with Crippen LogP contribution in [0.1, 0.15) is 25.8 Å². The van der Waals surface area contributed by atoms with E-state index in [1.807, 2.05) is 32.2 Å². The molecular weight excluding hydrogens is 288 g/mol. The highest BCUT2D eigenvalue weighted by atomic mass is 35.5. The summed E-state index contributed by atoms with van der Waals surface area (Å²) in [4.78, 5) is 18.0. The van der Waals surface area contributed by atoms with Crippen LogP contribution in [0.4, 0.5) is 4.79 Å². The van der Waals surface area contributed by atoms with Gasteiger partial charge in [0, 0.05) is 31.9 Å². The van der Waals surface area contributed by atoms with Crippen LogP contribution in [0.15, 0.2) is 18.3 Å². The van der Waals surface area contributed by atoms with Crippen LogP contribution in [0.25, 0.3) is 0 Å². The predicted molar refractivity (Wildman–Crippen MR) is 84.3 cm³/mol. The van der Waals surface area contributed by atoms with Crippen LogP contribution in [0, 0.1) is 5.92 Å². The fourth-order valence-electron chi connectivity index (χ4n) is 2.53. The highest BCUT2D eigenvalue weighted by Crippen LogP contribution is 2.18. The van der Waals surface area contributed by atoms with E-state index in [9.17, 15) is 4.79 Å². The first-order valence-electron chi connectivity index (χ1n) is 7.40. The van der Waals surface area contributed by atoms with Crippen LogP contribution in [0.5, 0.6) is 0 Å². The van der Waals surface area contributed by atoms with Crippen molar-refractivity contribution in [3.8, 4) is 0 Å². The van der Waals surface area contributed by atoms with Crippen LogP contribution >= 0.6 is 11.6 Å². The van der Waals surface area contributed by atoms with Gasteiger partial charge in [0.1, 0.15) is 5.15 Å². The van der Waals surface area contributed by atoms with E-state index in [-0.39, 0.29) is 12.1 Å². The second-order valence-electron chi connectivity index (χ2n) is 5.89. The lowest BCUT2D eigenvalue weighted by Gasteiger charge is -2.17. The number of hydrogen-bond donors (Lipinski definition) is 2. The van der Waals surface area contributed by atoms with Gasteiger partial charge in [0.15, 0.2) is 0 Å². The standard InChI is InChI=1S/C15H23ClN4O/c1-11(2)19-15(21)18-8-13-5-6-20(10-13)9-12-3-4-14(16)17-7-12/h3-4,7,11,13H,5-6,8-10H2,1-2H3,(H2,18,19,21)/t13-/m0/s1. The number of likely N-dealkylation sites (tertiary alicyclic amines) is 1. The Bertz CT molecular complexity index is 463. The van der Waals surface area contributed by atoms with Crippen molar-refractivity contribution in [3.63, 3.8) is 0 Å². The van der Waals surface area contributed by atoms with Crippen LogP contribution in [-0.4, -0.2) is 41.6 Å². The van der Waals surface area contributed by atoms with E-state index in [2.05, 4.69) is 20.5 Å². The van der Waals surface area contributed by atoms with Crippen molar-refractivity contribution in [2.45, 2.75) is 32.9 Å². The Labute approximate surface area is 131 Å². The number of carbonyl (C=O) groups excluding carboxylic acids is 1. The summed E-state index contributed by atoms with van der Waals surface area (Å²) in [7, 11) is 0. The van der Waals surface area contributed by atoms with Crippen molar-refractivity contribution in [1.82, 2.24) is 20.5 Å². The molecular formula is C15H23ClN4O. The molecule has 5 nitrogen and oxygen atoms in total. The summed E-state index contributed by atoms with van der Waals surface area (Å²) >= 11 is 5.79. The molecule has 2 amide bonds. The first kappa shape index (κ1) is 16.0. The Morgan fingerprint density at radius 3 is 3.00 bits per heavy atom. The number of urea groups is 1. The van der Waals surface area contributed by atoms with Gasteiger partial charge in [-0.2, -0.15) is 0 Å². The molecule has 1 fully saturated rings. The zero-order valence-electron chi connectivity index (χ0n) is 12.6. The minimum absolute atomic E-state index is 0.0784. The van der Waals surface area contributed by atoms with Crippen molar-refractivity contribution in [2.24, 2.45) is 5.92 Å². The second-order valence-corrected chi connectivity index (χ2v) is 6.28. The maximum Gasteiger partial charge on any atom is 0.314 e. The summed E-state index contributed by atoms with van der Waals surface area (Å²) in [5.41, 5.74) is 1.17. The van der Waals surface area contributed by atoms with Crippen molar-refractivity contribution in [1.29, 1.82) is 0 Å². The van der Waals surface area contributed by atoms with Crippen LogP contribution in [-0.2, 0) is 6.54 Å². The molecule has 1 saturated heterocycles. The first-order chi connectivity index (χ1) is 10.0. The van der Waals surface area contributed by atoms with Gasteiger partial charge in [0.2, 0.25) is 0 Å². The first-order valence-corrected chi connectivity index (χ1v) is 7.78. The van der Waals surface area contributed by atoms with Crippen molar-refractivity contribution in [3.05, 3.63) is 29.0 Å². The third-order valence-corrected chi connectivity index (χ3v) is 3.76. The average molecular weight is 311 g/mol. The number of nitrogens with zero attached hydrogens (tertiary/aromatic N) is 2. The molecule has 2 N–H and O–H groups in total. The van der Waals surface area contributed by atoms with Gasteiger partial charge in [0.05, 0.1) is 0 Å². The summed E-state index contributed by atoms with van der Waals surface area (Å²) < 4.78 is 0. The highest BCUT2D eigenvalue weighted by Gasteiger charge is 2.22. The maximum atomic E-state index is 11.6. The monoisotopic (exact) mass is 310 g/mol. The molecule has 21 heavy (non-hydrogen) atoms. The van der Waals surface area contributed by atoms with Crippen LogP contribution in [0.2, 0.25) is 5.15 Å². The van der Waals surface area contributed by atoms with E-state index in [1.54, 1.807) is 0 Å². The number of halogens is 1. The molecule has 0 radical (unpaired) electrons. The van der Waals surface area contributed by atoms with Gasteiger partial charge < -0.3 is 10.6 Å². The molecule has 1 atom stereocenters. The predicted octanol–water partition coefficient (Wildman–Crippen LogP) is 2.26. The molecule has 1 aliphatic heterocycles. The van der Waals surface area contributed by atoms with Gasteiger partial charge in [-0.1, -0.05) is 17.7 Å². The lowest BCUT2D eigenvalue weighted by molar-refractivity contribution is 0.236. The topological polar surface area (TPSA) is 57.3 Å². The van der Waals surface area contributed by atoms with Crippen LogP contribution < -0.4 is 10.6 Å². The molecule has 116 valence electrons. The molecule has 0 saturated carbocycles. The normalized spacial score (nSPS) is 19.0. The third-order valence-electron chi connectivity index (χ3n) is 3.54. The lowest BCUT2D eigenvalue weighted by Crippen LogP contribution is -2.41. The molecule has 0 aliphatic carbocycles. The molecule has 0 unspecified atom stereocenters. The van der Waals surface area contributed by atoms with Crippen molar-refractivity contribution >= 4 is 17.6 Å². The Balaban J connectivity index is 1.71. The molecule has 2 heterocycles.